The SMILES string of the molecule is COC(=O)C(C)(N)CCCCSc1nnc(C)o1. The Bertz CT molecular complexity index is 393. The Balaban J connectivity index is 2.17. The molecule has 0 saturated heterocycles. The third-order valence-corrected chi connectivity index (χ3v) is 3.38. The lowest BCUT2D eigenvalue weighted by molar-refractivity contribution is -0.146. The van der Waals surface area contributed by atoms with E-state index in [1.165, 1.54) is 18.9 Å². The zero-order valence-corrected chi connectivity index (χ0v) is 11.7. The first-order valence-electron chi connectivity index (χ1n) is 5.76. The van der Waals surface area contributed by atoms with Gasteiger partial charge in [0.25, 0.3) is 5.22 Å². The van der Waals surface area contributed by atoms with Crippen LogP contribution >= 0.6 is 11.8 Å². The first kappa shape index (κ1) is 15.0. The second-order valence-corrected chi connectivity index (χ2v) is 5.35. The number of unbranched alkanes of at least 4 members (excludes halogenated alkanes) is 1. The maximum absolute atomic E-state index is 11.3. The molecule has 1 aromatic rings. The summed E-state index contributed by atoms with van der Waals surface area (Å²) >= 11 is 1.51. The van der Waals surface area contributed by atoms with Gasteiger partial charge in [-0.1, -0.05) is 18.2 Å². The van der Waals surface area contributed by atoms with Crippen LogP contribution in [-0.2, 0) is 9.53 Å². The number of nitrogens with two attached hydrogens (primary N) is 1. The number of esters is 1. The summed E-state index contributed by atoms with van der Waals surface area (Å²) in [7, 11) is 1.35. The minimum absolute atomic E-state index is 0.373. The Kier molecular flexibility index (Phi) is 5.61. The number of hydrogen-bond acceptors (Lipinski definition) is 7. The highest BCUT2D eigenvalue weighted by atomic mass is 32.2. The molecule has 0 bridgehead atoms. The molecule has 0 aromatic carbocycles. The van der Waals surface area contributed by atoms with Crippen molar-refractivity contribution in [3.63, 3.8) is 0 Å². The van der Waals surface area contributed by atoms with E-state index in [9.17, 15) is 4.79 Å². The van der Waals surface area contributed by atoms with E-state index in [1.807, 2.05) is 0 Å². The van der Waals surface area contributed by atoms with Crippen LogP contribution in [-0.4, -0.2) is 34.6 Å². The highest BCUT2D eigenvalue weighted by Crippen LogP contribution is 2.19. The maximum Gasteiger partial charge on any atom is 0.325 e. The van der Waals surface area contributed by atoms with Gasteiger partial charge in [-0.25, -0.2) is 0 Å². The molecule has 2 N–H and O–H groups in total. The smallest absolute Gasteiger partial charge is 0.325 e. The summed E-state index contributed by atoms with van der Waals surface area (Å²) in [6, 6.07) is 0. The van der Waals surface area contributed by atoms with Crippen molar-refractivity contribution >= 4 is 17.7 Å². The zero-order valence-electron chi connectivity index (χ0n) is 10.9. The summed E-state index contributed by atoms with van der Waals surface area (Å²) in [6.45, 7) is 3.45. The molecule has 18 heavy (non-hydrogen) atoms. The quantitative estimate of drug-likeness (QED) is 0.457. The normalized spacial score (nSPS) is 14.2. The van der Waals surface area contributed by atoms with Gasteiger partial charge in [-0.15, -0.1) is 10.2 Å². The standard InChI is InChI=1S/C11H19N3O3S/c1-8-13-14-10(17-8)18-7-5-4-6-11(2,12)9(15)16-3/h4-7,12H2,1-3H3. The van der Waals surface area contributed by atoms with Crippen molar-refractivity contribution in [2.24, 2.45) is 5.73 Å². The number of carbonyl (C=O) groups is 1. The number of aromatic nitrogens is 2. The van der Waals surface area contributed by atoms with Gasteiger partial charge in [0.15, 0.2) is 0 Å². The fourth-order valence-electron chi connectivity index (χ4n) is 1.43. The molecule has 102 valence electrons. The lowest BCUT2D eigenvalue weighted by Crippen LogP contribution is -2.45. The van der Waals surface area contributed by atoms with E-state index in [4.69, 9.17) is 10.2 Å². The van der Waals surface area contributed by atoms with E-state index >= 15 is 0 Å². The van der Waals surface area contributed by atoms with Gasteiger partial charge in [0, 0.05) is 12.7 Å². The minimum Gasteiger partial charge on any atom is -0.468 e. The number of ether oxygens (including phenoxy) is 1. The van der Waals surface area contributed by atoms with Gasteiger partial charge in [-0.05, 0) is 19.8 Å². The van der Waals surface area contributed by atoms with E-state index in [-0.39, 0.29) is 5.97 Å². The number of carbonyl (C=O) groups excluding carboxylic acids is 1. The molecule has 1 rings (SSSR count). The van der Waals surface area contributed by atoms with Gasteiger partial charge in [-0.2, -0.15) is 0 Å². The Morgan fingerprint density at radius 3 is 2.78 bits per heavy atom. The number of nitrogens with zero attached hydrogens (tertiary/aromatic N) is 2. The molecule has 0 saturated carbocycles. The van der Waals surface area contributed by atoms with Gasteiger partial charge in [0.1, 0.15) is 5.54 Å². The van der Waals surface area contributed by atoms with Crippen LogP contribution in [0.5, 0.6) is 0 Å². The molecule has 7 heteroatoms. The topological polar surface area (TPSA) is 91.2 Å². The van der Waals surface area contributed by atoms with Gasteiger partial charge >= 0.3 is 5.97 Å². The molecular weight excluding hydrogens is 254 g/mol. The maximum atomic E-state index is 11.3. The van der Waals surface area contributed by atoms with Crippen molar-refractivity contribution in [2.45, 2.75) is 43.9 Å². The van der Waals surface area contributed by atoms with Crippen LogP contribution in [0.15, 0.2) is 9.64 Å². The molecule has 6 nitrogen and oxygen atoms in total. The molecule has 0 aliphatic rings. The summed E-state index contributed by atoms with van der Waals surface area (Å²) in [4.78, 5) is 11.3. The summed E-state index contributed by atoms with van der Waals surface area (Å²) in [6.07, 6.45) is 2.38. The van der Waals surface area contributed by atoms with Crippen molar-refractivity contribution < 1.29 is 13.9 Å². The van der Waals surface area contributed by atoms with Crippen molar-refractivity contribution in [3.05, 3.63) is 5.89 Å². The minimum atomic E-state index is -0.902. The number of rotatable bonds is 7. The molecular formula is C11H19N3O3S. The zero-order chi connectivity index (χ0) is 13.6. The fraction of sp³-hybridized carbons (Fsp3) is 0.727. The molecule has 0 spiro atoms. The van der Waals surface area contributed by atoms with Crippen LogP contribution in [0.25, 0.3) is 0 Å². The molecule has 1 aromatic heterocycles. The fourth-order valence-corrected chi connectivity index (χ4v) is 2.23. The van der Waals surface area contributed by atoms with Crippen LogP contribution in [0.2, 0.25) is 0 Å². The predicted octanol–water partition coefficient (Wildman–Crippen LogP) is 1.53. The Morgan fingerprint density at radius 2 is 2.22 bits per heavy atom. The molecule has 1 heterocycles. The monoisotopic (exact) mass is 273 g/mol. The Labute approximate surface area is 111 Å². The van der Waals surface area contributed by atoms with Gasteiger partial charge in [0.2, 0.25) is 5.89 Å². The van der Waals surface area contributed by atoms with Crippen molar-refractivity contribution in [2.75, 3.05) is 12.9 Å². The first-order valence-corrected chi connectivity index (χ1v) is 6.74. The lowest BCUT2D eigenvalue weighted by Gasteiger charge is -2.20. The number of aryl methyl sites for hydroxylation is 1. The van der Waals surface area contributed by atoms with E-state index < -0.39 is 5.54 Å². The highest BCUT2D eigenvalue weighted by molar-refractivity contribution is 7.99. The Morgan fingerprint density at radius 1 is 1.50 bits per heavy atom. The number of hydrogen-bond donors (Lipinski definition) is 1. The van der Waals surface area contributed by atoms with Gasteiger partial charge < -0.3 is 14.9 Å². The van der Waals surface area contributed by atoms with Crippen molar-refractivity contribution in [3.8, 4) is 0 Å². The third kappa shape index (κ3) is 4.66. The van der Waals surface area contributed by atoms with Crippen LogP contribution in [0.1, 0.15) is 32.1 Å². The van der Waals surface area contributed by atoms with Gasteiger partial charge in [0.05, 0.1) is 7.11 Å². The van der Waals surface area contributed by atoms with Crippen molar-refractivity contribution in [1.82, 2.24) is 10.2 Å². The second kappa shape index (κ2) is 6.75. The highest BCUT2D eigenvalue weighted by Gasteiger charge is 2.28. The summed E-state index contributed by atoms with van der Waals surface area (Å²) < 4.78 is 9.87. The summed E-state index contributed by atoms with van der Waals surface area (Å²) in [5.41, 5.74) is 4.94. The van der Waals surface area contributed by atoms with Crippen LogP contribution in [0, 0.1) is 6.92 Å². The van der Waals surface area contributed by atoms with E-state index in [1.54, 1.807) is 13.8 Å². The van der Waals surface area contributed by atoms with Crippen molar-refractivity contribution in [1.29, 1.82) is 0 Å². The van der Waals surface area contributed by atoms with E-state index in [0.29, 0.717) is 17.5 Å². The number of thioether (sulfide) groups is 1. The van der Waals surface area contributed by atoms with Crippen LogP contribution < -0.4 is 5.73 Å². The molecule has 0 amide bonds. The van der Waals surface area contributed by atoms with Gasteiger partial charge in [-0.3, -0.25) is 4.79 Å². The molecule has 0 radical (unpaired) electrons. The molecule has 1 atom stereocenters. The Hall–Kier alpha value is -1.08. The lowest BCUT2D eigenvalue weighted by atomic mass is 9.97. The largest absolute Gasteiger partial charge is 0.468 e. The first-order chi connectivity index (χ1) is 8.45. The molecule has 0 fully saturated rings. The van der Waals surface area contributed by atoms with E-state index in [0.717, 1.165) is 18.6 Å². The summed E-state index contributed by atoms with van der Waals surface area (Å²) in [5.74, 6) is 1.05. The second-order valence-electron chi connectivity index (χ2n) is 4.30. The summed E-state index contributed by atoms with van der Waals surface area (Å²) in [5, 5.41) is 8.20. The molecule has 0 aliphatic heterocycles. The van der Waals surface area contributed by atoms with E-state index in [2.05, 4.69) is 14.9 Å². The average molecular weight is 273 g/mol. The third-order valence-electron chi connectivity index (χ3n) is 2.48. The van der Waals surface area contributed by atoms with Crippen LogP contribution in [0.3, 0.4) is 0 Å². The van der Waals surface area contributed by atoms with Crippen LogP contribution in [0.4, 0.5) is 0 Å². The number of methoxy groups -OCH3 is 1. The predicted molar refractivity (Wildman–Crippen MR) is 68.2 cm³/mol. The molecule has 0 aliphatic carbocycles. The average Bonchev–Trinajstić information content (AvgIpc) is 2.73. The molecule has 1 unspecified atom stereocenters.